The van der Waals surface area contributed by atoms with Crippen LogP contribution in [0.25, 0.3) is 0 Å². The Morgan fingerprint density at radius 1 is 1.17 bits per heavy atom. The van der Waals surface area contributed by atoms with Gasteiger partial charge in [0.15, 0.2) is 0 Å². The van der Waals surface area contributed by atoms with E-state index in [1.807, 2.05) is 12.1 Å². The fraction of sp³-hybridized carbons (Fsp3) is 0.652. The summed E-state index contributed by atoms with van der Waals surface area (Å²) >= 11 is 6.08. The maximum absolute atomic E-state index is 13.0. The predicted octanol–water partition coefficient (Wildman–Crippen LogP) is 4.03. The summed E-state index contributed by atoms with van der Waals surface area (Å²) in [5.74, 6) is 3.12. The number of carbonyl (C=O) groups is 2. The van der Waals surface area contributed by atoms with E-state index < -0.39 is 0 Å². The zero-order valence-electron chi connectivity index (χ0n) is 17.4. The first kappa shape index (κ1) is 20.5. The van der Waals surface area contributed by atoms with Gasteiger partial charge in [0.1, 0.15) is 5.75 Å². The minimum absolute atomic E-state index is 0.00200. The molecule has 5 rings (SSSR count). The van der Waals surface area contributed by atoms with Gasteiger partial charge in [-0.25, -0.2) is 0 Å². The summed E-state index contributed by atoms with van der Waals surface area (Å²) in [5, 5.41) is 3.70. The van der Waals surface area contributed by atoms with E-state index in [4.69, 9.17) is 16.3 Å². The van der Waals surface area contributed by atoms with Crippen molar-refractivity contribution in [3.63, 3.8) is 0 Å². The third-order valence-corrected chi connectivity index (χ3v) is 7.46. The molecule has 0 aromatic heterocycles. The number of carbonyl (C=O) groups excluding carboxylic acids is 2. The Kier molecular flexibility index (Phi) is 5.78. The molecule has 0 saturated heterocycles. The molecule has 4 aliphatic rings. The van der Waals surface area contributed by atoms with Crippen molar-refractivity contribution in [2.45, 2.75) is 51.5 Å². The molecule has 5 nitrogen and oxygen atoms in total. The highest BCUT2D eigenvalue weighted by molar-refractivity contribution is 6.30. The number of hydrogen-bond acceptors (Lipinski definition) is 3. The van der Waals surface area contributed by atoms with Crippen LogP contribution in [0.3, 0.4) is 0 Å². The first-order chi connectivity index (χ1) is 13.9. The average molecular weight is 419 g/mol. The number of nitrogens with zero attached hydrogens (tertiary/aromatic N) is 1. The first-order valence-corrected chi connectivity index (χ1v) is 11.1. The van der Waals surface area contributed by atoms with Gasteiger partial charge in [-0.2, -0.15) is 0 Å². The number of methoxy groups -OCH3 is 1. The SMILES string of the molecule is COc1ccc(Cl)cc1CN(C)C(=O)CCNC(=O)C12CC3CC(CC(C3)C1)C2. The summed E-state index contributed by atoms with van der Waals surface area (Å²) in [6, 6.07) is 5.40. The summed E-state index contributed by atoms with van der Waals surface area (Å²) in [7, 11) is 3.37. The molecule has 4 saturated carbocycles. The zero-order valence-corrected chi connectivity index (χ0v) is 18.1. The molecular weight excluding hydrogens is 388 g/mol. The molecule has 29 heavy (non-hydrogen) atoms. The maximum atomic E-state index is 13.0. The maximum Gasteiger partial charge on any atom is 0.226 e. The van der Waals surface area contributed by atoms with Crippen LogP contribution in [0.4, 0.5) is 0 Å². The summed E-state index contributed by atoms with van der Waals surface area (Å²) in [6.07, 6.45) is 7.42. The normalized spacial score (nSPS) is 29.6. The Hall–Kier alpha value is -1.75. The van der Waals surface area contributed by atoms with Gasteiger partial charge in [0.2, 0.25) is 11.8 Å². The summed E-state index contributed by atoms with van der Waals surface area (Å²) < 4.78 is 5.36. The highest BCUT2D eigenvalue weighted by Gasteiger charge is 2.54. The third-order valence-electron chi connectivity index (χ3n) is 7.22. The Bertz CT molecular complexity index is 759. The second kappa shape index (κ2) is 8.17. The number of amides is 2. The highest BCUT2D eigenvalue weighted by Crippen LogP contribution is 2.60. The van der Waals surface area contributed by atoms with Crippen molar-refractivity contribution >= 4 is 23.4 Å². The van der Waals surface area contributed by atoms with E-state index in [-0.39, 0.29) is 17.2 Å². The van der Waals surface area contributed by atoms with Crippen LogP contribution < -0.4 is 10.1 Å². The Balaban J connectivity index is 1.28. The van der Waals surface area contributed by atoms with Crippen molar-refractivity contribution in [2.24, 2.45) is 23.2 Å². The second-order valence-electron chi connectivity index (χ2n) is 9.41. The molecule has 0 atom stereocenters. The molecule has 6 heteroatoms. The van der Waals surface area contributed by atoms with Crippen molar-refractivity contribution < 1.29 is 14.3 Å². The minimum atomic E-state index is -0.155. The molecule has 0 heterocycles. The van der Waals surface area contributed by atoms with Crippen LogP contribution in [-0.4, -0.2) is 37.4 Å². The minimum Gasteiger partial charge on any atom is -0.496 e. The van der Waals surface area contributed by atoms with Gasteiger partial charge in [-0.15, -0.1) is 0 Å². The summed E-state index contributed by atoms with van der Waals surface area (Å²) in [6.45, 7) is 0.821. The van der Waals surface area contributed by atoms with Crippen molar-refractivity contribution in [3.8, 4) is 5.75 Å². The lowest BCUT2D eigenvalue weighted by Gasteiger charge is -2.55. The quantitative estimate of drug-likeness (QED) is 0.727. The lowest BCUT2D eigenvalue weighted by Crippen LogP contribution is -2.53. The van der Waals surface area contributed by atoms with Gasteiger partial charge in [0.25, 0.3) is 0 Å². The van der Waals surface area contributed by atoms with Gasteiger partial charge < -0.3 is 15.0 Å². The molecule has 2 amide bonds. The number of nitrogens with one attached hydrogen (secondary N) is 1. The van der Waals surface area contributed by atoms with Crippen molar-refractivity contribution in [3.05, 3.63) is 28.8 Å². The van der Waals surface area contributed by atoms with E-state index in [0.717, 1.165) is 42.6 Å². The van der Waals surface area contributed by atoms with Gasteiger partial charge in [-0.1, -0.05) is 11.6 Å². The fourth-order valence-electron chi connectivity index (χ4n) is 6.26. The smallest absolute Gasteiger partial charge is 0.226 e. The molecule has 4 bridgehead atoms. The van der Waals surface area contributed by atoms with Crippen LogP contribution in [0.2, 0.25) is 5.02 Å². The topological polar surface area (TPSA) is 58.6 Å². The Labute approximate surface area is 178 Å². The van der Waals surface area contributed by atoms with Crippen LogP contribution >= 0.6 is 11.6 Å². The number of rotatable bonds is 7. The monoisotopic (exact) mass is 418 g/mol. The number of hydrogen-bond donors (Lipinski definition) is 1. The molecule has 0 aliphatic heterocycles. The fourth-order valence-corrected chi connectivity index (χ4v) is 6.46. The van der Waals surface area contributed by atoms with Crippen molar-refractivity contribution in [2.75, 3.05) is 20.7 Å². The van der Waals surface area contributed by atoms with Gasteiger partial charge in [0, 0.05) is 42.6 Å². The van der Waals surface area contributed by atoms with Crippen LogP contribution in [0.5, 0.6) is 5.75 Å². The zero-order chi connectivity index (χ0) is 20.6. The van der Waals surface area contributed by atoms with E-state index in [9.17, 15) is 9.59 Å². The number of halogens is 1. The number of benzene rings is 1. The highest BCUT2D eigenvalue weighted by atomic mass is 35.5. The number of ether oxygens (including phenoxy) is 1. The third kappa shape index (κ3) is 4.25. The van der Waals surface area contributed by atoms with Crippen molar-refractivity contribution in [1.29, 1.82) is 0 Å². The van der Waals surface area contributed by atoms with Gasteiger partial charge in [0.05, 0.1) is 7.11 Å². The Morgan fingerprint density at radius 3 is 2.38 bits per heavy atom. The predicted molar refractivity (Wildman–Crippen MR) is 113 cm³/mol. The molecule has 1 N–H and O–H groups in total. The second-order valence-corrected chi connectivity index (χ2v) is 9.85. The standard InChI is InChI=1S/C23H31ClN2O3/c1-26(14-18-10-19(24)3-4-20(18)29-2)21(27)5-6-25-22(28)23-11-15-7-16(12-23)9-17(8-15)13-23/h3-4,10,15-17H,5-9,11-14H2,1-2H3,(H,25,28). The van der Waals surface area contributed by atoms with Crippen LogP contribution in [0.1, 0.15) is 50.5 Å². The Morgan fingerprint density at radius 2 is 1.79 bits per heavy atom. The van der Waals surface area contributed by atoms with Crippen LogP contribution in [0, 0.1) is 23.2 Å². The molecule has 4 fully saturated rings. The van der Waals surface area contributed by atoms with E-state index in [0.29, 0.717) is 30.3 Å². The van der Waals surface area contributed by atoms with Crippen LogP contribution in [0.15, 0.2) is 18.2 Å². The van der Waals surface area contributed by atoms with Gasteiger partial charge in [-0.05, 0) is 74.5 Å². The van der Waals surface area contributed by atoms with E-state index in [2.05, 4.69) is 5.32 Å². The molecule has 0 unspecified atom stereocenters. The van der Waals surface area contributed by atoms with Gasteiger partial charge >= 0.3 is 0 Å². The van der Waals surface area contributed by atoms with E-state index in [1.165, 1.54) is 19.3 Å². The molecule has 1 aromatic rings. The van der Waals surface area contributed by atoms with Gasteiger partial charge in [-0.3, -0.25) is 9.59 Å². The largest absolute Gasteiger partial charge is 0.496 e. The lowest BCUT2D eigenvalue weighted by molar-refractivity contribution is -0.146. The van der Waals surface area contributed by atoms with Crippen molar-refractivity contribution in [1.82, 2.24) is 10.2 Å². The molecular formula is C23H31ClN2O3. The average Bonchev–Trinajstić information content (AvgIpc) is 2.67. The molecule has 158 valence electrons. The lowest BCUT2D eigenvalue weighted by atomic mass is 9.49. The first-order valence-electron chi connectivity index (χ1n) is 10.7. The molecule has 0 spiro atoms. The van der Waals surface area contributed by atoms with Crippen LogP contribution in [-0.2, 0) is 16.1 Å². The summed E-state index contributed by atoms with van der Waals surface area (Å²) in [4.78, 5) is 27.2. The molecule has 0 radical (unpaired) electrons. The van der Waals surface area contributed by atoms with E-state index >= 15 is 0 Å². The molecule has 1 aromatic carbocycles. The van der Waals surface area contributed by atoms with E-state index in [1.54, 1.807) is 25.1 Å². The summed E-state index contributed by atoms with van der Waals surface area (Å²) in [5.41, 5.74) is 0.714. The molecule has 4 aliphatic carbocycles.